The number of pyridine rings is 1. The maximum atomic E-state index is 15.0. The summed E-state index contributed by atoms with van der Waals surface area (Å²) in [6, 6.07) is 4.67. The van der Waals surface area contributed by atoms with Crippen LogP contribution in [0, 0.1) is 12.7 Å². The summed E-state index contributed by atoms with van der Waals surface area (Å²) < 4.78 is 29.5. The van der Waals surface area contributed by atoms with Gasteiger partial charge in [-0.05, 0) is 50.6 Å². The number of amides is 1. The van der Waals surface area contributed by atoms with Crippen molar-refractivity contribution in [1.82, 2.24) is 19.9 Å². The maximum absolute atomic E-state index is 15.0. The molecule has 0 bridgehead atoms. The number of benzene rings is 1. The van der Waals surface area contributed by atoms with E-state index >= 15 is 4.39 Å². The number of anilines is 3. The summed E-state index contributed by atoms with van der Waals surface area (Å²) >= 11 is 6.62. The Hall–Kier alpha value is -3.57. The second-order valence-electron chi connectivity index (χ2n) is 9.77. The predicted octanol–water partition coefficient (Wildman–Crippen LogP) is 3.73. The van der Waals surface area contributed by atoms with Gasteiger partial charge in [0.2, 0.25) is 11.9 Å². The fourth-order valence-corrected chi connectivity index (χ4v) is 4.45. The molecule has 2 aromatic heterocycles. The molecule has 1 aliphatic rings. The lowest BCUT2D eigenvalue weighted by atomic mass is 10.0. The van der Waals surface area contributed by atoms with Crippen LogP contribution in [0.15, 0.2) is 30.9 Å². The lowest BCUT2D eigenvalue weighted by Gasteiger charge is -2.35. The number of hydrogen-bond acceptors (Lipinski definition) is 8. The van der Waals surface area contributed by atoms with Crippen molar-refractivity contribution in [2.24, 2.45) is 0 Å². The molecule has 1 aliphatic heterocycles. The van der Waals surface area contributed by atoms with E-state index < -0.39 is 17.6 Å². The Balaban J connectivity index is 1.80. The Labute approximate surface area is 224 Å². The number of nitrogen functional groups attached to an aromatic ring is 1. The van der Waals surface area contributed by atoms with E-state index in [1.165, 1.54) is 26.0 Å². The third-order valence-electron chi connectivity index (χ3n) is 6.45. The first-order valence-corrected chi connectivity index (χ1v) is 12.5. The molecule has 3 aromatic rings. The van der Waals surface area contributed by atoms with Crippen molar-refractivity contribution in [2.75, 3.05) is 48.7 Å². The van der Waals surface area contributed by atoms with Gasteiger partial charge in [-0.2, -0.15) is 4.98 Å². The number of aromatic nitrogens is 3. The van der Waals surface area contributed by atoms with Gasteiger partial charge in [-0.1, -0.05) is 18.2 Å². The molecule has 38 heavy (non-hydrogen) atoms. The molecule has 0 spiro atoms. The van der Waals surface area contributed by atoms with E-state index in [0.717, 1.165) is 0 Å². The molecule has 202 valence electrons. The molecule has 12 heteroatoms. The molecule has 3 heterocycles. The number of carbonyl (C=O) groups excluding carboxylic acids is 1. The fourth-order valence-electron chi connectivity index (χ4n) is 4.19. The number of nitrogens with two attached hydrogens (primary N) is 1. The Morgan fingerprint density at radius 3 is 2.58 bits per heavy atom. The minimum atomic E-state index is -1.59. The summed E-state index contributed by atoms with van der Waals surface area (Å²) in [5, 5.41) is 13.7. The lowest BCUT2D eigenvalue weighted by Crippen LogP contribution is -2.48. The summed E-state index contributed by atoms with van der Waals surface area (Å²) in [6.45, 7) is 9.50. The SMILES string of the molecule is C=CC(=O)N1CCN(c2nc(NC[C@@H](F)C(C)(C)O)nc3cc(-c4nc(N)cc(C)c4F)c(Cl)cc23)CC1. The van der Waals surface area contributed by atoms with Crippen LogP contribution in [0.2, 0.25) is 5.02 Å². The Bertz CT molecular complexity index is 1390. The van der Waals surface area contributed by atoms with Gasteiger partial charge >= 0.3 is 0 Å². The highest BCUT2D eigenvalue weighted by molar-refractivity contribution is 6.34. The Kier molecular flexibility index (Phi) is 7.70. The second kappa shape index (κ2) is 10.7. The average Bonchev–Trinajstić information content (AvgIpc) is 2.87. The number of alkyl halides is 1. The molecule has 1 fully saturated rings. The molecule has 0 radical (unpaired) electrons. The summed E-state index contributed by atoms with van der Waals surface area (Å²) in [5.74, 6) is 0.0802. The van der Waals surface area contributed by atoms with Gasteiger partial charge < -0.3 is 26.0 Å². The standard InChI is InChI=1S/C26H30ClF2N7O2/c1-5-21(37)35-6-8-36(9-7-35)24-16-11-17(27)15(23-22(29)14(2)10-20(30)33-23)12-18(16)32-25(34-24)31-13-19(28)26(3,4)38/h5,10-12,19,38H,1,6-9,13H2,2-4H3,(H2,30,33)(H,31,32,34)/t19-/m1/s1. The normalized spacial score (nSPS) is 15.0. The van der Waals surface area contributed by atoms with E-state index in [2.05, 4.69) is 26.8 Å². The average molecular weight is 546 g/mol. The number of nitrogens with one attached hydrogen (secondary N) is 1. The molecule has 1 saturated heterocycles. The molecule has 1 amide bonds. The van der Waals surface area contributed by atoms with Crippen molar-refractivity contribution in [2.45, 2.75) is 32.5 Å². The van der Waals surface area contributed by atoms with Crippen LogP contribution in [0.4, 0.5) is 26.4 Å². The smallest absolute Gasteiger partial charge is 0.246 e. The zero-order valence-electron chi connectivity index (χ0n) is 21.4. The van der Waals surface area contributed by atoms with Gasteiger partial charge in [0.1, 0.15) is 23.5 Å². The van der Waals surface area contributed by atoms with Crippen LogP contribution in [0.5, 0.6) is 0 Å². The number of carbonyl (C=O) groups is 1. The minimum absolute atomic E-state index is 0.00789. The number of aryl methyl sites for hydroxylation is 1. The number of hydrogen-bond donors (Lipinski definition) is 3. The third kappa shape index (κ3) is 5.63. The lowest BCUT2D eigenvalue weighted by molar-refractivity contribution is -0.126. The van der Waals surface area contributed by atoms with Gasteiger partial charge in [0.25, 0.3) is 0 Å². The summed E-state index contributed by atoms with van der Waals surface area (Å²) in [5.41, 5.74) is 5.33. The largest absolute Gasteiger partial charge is 0.387 e. The van der Waals surface area contributed by atoms with Gasteiger partial charge in [-0.25, -0.2) is 18.7 Å². The molecule has 4 N–H and O–H groups in total. The van der Waals surface area contributed by atoms with E-state index in [9.17, 15) is 14.3 Å². The quantitative estimate of drug-likeness (QED) is 0.384. The van der Waals surface area contributed by atoms with Crippen LogP contribution in [0.25, 0.3) is 22.2 Å². The third-order valence-corrected chi connectivity index (χ3v) is 6.76. The highest BCUT2D eigenvalue weighted by Gasteiger charge is 2.28. The first kappa shape index (κ1) is 27.5. The Morgan fingerprint density at radius 1 is 1.26 bits per heavy atom. The molecular weight excluding hydrogens is 516 g/mol. The van der Waals surface area contributed by atoms with Crippen molar-refractivity contribution in [3.05, 3.63) is 47.3 Å². The van der Waals surface area contributed by atoms with Gasteiger partial charge in [-0.15, -0.1) is 0 Å². The zero-order valence-corrected chi connectivity index (χ0v) is 22.2. The zero-order chi connectivity index (χ0) is 27.8. The Morgan fingerprint density at radius 2 is 1.95 bits per heavy atom. The highest BCUT2D eigenvalue weighted by Crippen LogP contribution is 2.37. The molecule has 1 aromatic carbocycles. The minimum Gasteiger partial charge on any atom is -0.387 e. The first-order valence-electron chi connectivity index (χ1n) is 12.1. The van der Waals surface area contributed by atoms with Crippen molar-refractivity contribution < 1.29 is 18.7 Å². The summed E-state index contributed by atoms with van der Waals surface area (Å²) in [4.78, 5) is 29.0. The van der Waals surface area contributed by atoms with Gasteiger partial charge in [0.15, 0.2) is 5.82 Å². The van der Waals surface area contributed by atoms with Crippen LogP contribution in [-0.2, 0) is 4.79 Å². The first-order chi connectivity index (χ1) is 17.9. The van der Waals surface area contributed by atoms with E-state index in [1.807, 2.05) is 4.90 Å². The molecule has 0 saturated carbocycles. The van der Waals surface area contributed by atoms with Gasteiger partial charge in [-0.3, -0.25) is 4.79 Å². The fraction of sp³-hybridized carbons (Fsp3) is 0.385. The predicted molar refractivity (Wildman–Crippen MR) is 146 cm³/mol. The van der Waals surface area contributed by atoms with Crippen molar-refractivity contribution in [1.29, 1.82) is 0 Å². The van der Waals surface area contributed by atoms with Crippen LogP contribution in [0.3, 0.4) is 0 Å². The number of fused-ring (bicyclic) bond motifs is 1. The van der Waals surface area contributed by atoms with E-state index in [0.29, 0.717) is 54.0 Å². The monoisotopic (exact) mass is 545 g/mol. The highest BCUT2D eigenvalue weighted by atomic mass is 35.5. The van der Waals surface area contributed by atoms with Crippen LogP contribution >= 0.6 is 11.6 Å². The number of aliphatic hydroxyl groups is 1. The number of piperazine rings is 1. The number of nitrogens with zero attached hydrogens (tertiary/aromatic N) is 5. The van der Waals surface area contributed by atoms with Crippen LogP contribution in [-0.4, -0.2) is 75.4 Å². The second-order valence-corrected chi connectivity index (χ2v) is 10.2. The maximum Gasteiger partial charge on any atom is 0.246 e. The molecular formula is C26H30ClF2N7O2. The molecule has 4 rings (SSSR count). The van der Waals surface area contributed by atoms with Gasteiger partial charge in [0, 0.05) is 37.1 Å². The van der Waals surface area contributed by atoms with E-state index in [4.69, 9.17) is 17.3 Å². The van der Waals surface area contributed by atoms with Crippen molar-refractivity contribution >= 4 is 46.0 Å². The van der Waals surface area contributed by atoms with Crippen molar-refractivity contribution in [3.63, 3.8) is 0 Å². The van der Waals surface area contributed by atoms with Crippen LogP contribution < -0.4 is 16.0 Å². The topological polar surface area (TPSA) is 120 Å². The van der Waals surface area contributed by atoms with Crippen LogP contribution in [0.1, 0.15) is 19.4 Å². The molecule has 0 unspecified atom stereocenters. The summed E-state index contributed by atoms with van der Waals surface area (Å²) in [7, 11) is 0. The molecule has 0 aliphatic carbocycles. The van der Waals surface area contributed by atoms with Crippen molar-refractivity contribution in [3.8, 4) is 11.3 Å². The summed E-state index contributed by atoms with van der Waals surface area (Å²) in [6.07, 6.45) is -0.312. The van der Waals surface area contributed by atoms with E-state index in [1.54, 1.807) is 24.0 Å². The molecule has 1 atom stereocenters. The van der Waals surface area contributed by atoms with Gasteiger partial charge in [0.05, 0.1) is 22.7 Å². The number of rotatable bonds is 7. The number of halogens is 3. The molecule has 9 nitrogen and oxygen atoms in total. The van der Waals surface area contributed by atoms with E-state index in [-0.39, 0.29) is 34.9 Å².